The number of rotatable bonds is 5. The highest BCUT2D eigenvalue weighted by Crippen LogP contribution is 2.29. The molecule has 1 N–H and O–H groups in total. The molecule has 8 heteroatoms. The van der Waals surface area contributed by atoms with Crippen LogP contribution in [0.1, 0.15) is 16.8 Å². The first kappa shape index (κ1) is 16.8. The molecule has 0 aliphatic rings. The van der Waals surface area contributed by atoms with Gasteiger partial charge in [0.05, 0.1) is 18.3 Å². The van der Waals surface area contributed by atoms with Gasteiger partial charge in [-0.1, -0.05) is 23.4 Å². The van der Waals surface area contributed by atoms with Crippen molar-refractivity contribution >= 4 is 0 Å². The largest absolute Gasteiger partial charge is 0.508 e. The zero-order valence-electron chi connectivity index (χ0n) is 12.9. The highest BCUT2D eigenvalue weighted by atomic mass is 19.4. The topological polar surface area (TPSA) is 60.2 Å². The van der Waals surface area contributed by atoms with Crippen LogP contribution >= 0.6 is 0 Å². The predicted octanol–water partition coefficient (Wildman–Crippen LogP) is 3.63. The van der Waals surface area contributed by atoms with E-state index in [2.05, 4.69) is 10.3 Å². The third-order valence-corrected chi connectivity index (χ3v) is 3.42. The lowest BCUT2D eigenvalue weighted by atomic mass is 10.1. The first-order valence-electron chi connectivity index (χ1n) is 7.37. The molecule has 0 saturated carbocycles. The maximum atomic E-state index is 12.5. The van der Waals surface area contributed by atoms with Crippen LogP contribution in [0.2, 0.25) is 0 Å². The standard InChI is InChI=1S/C17H14F3N3O2/c18-17(19,20)13-6-4-12(5-7-13)9-23-10-14(21-22-23)11-25-16-3-1-2-15(24)8-16/h1-8,10,24H,9,11H2. The number of aromatic hydroxyl groups is 1. The lowest BCUT2D eigenvalue weighted by Crippen LogP contribution is -2.05. The molecular weight excluding hydrogens is 335 g/mol. The van der Waals surface area contributed by atoms with Crippen LogP contribution in [-0.2, 0) is 19.3 Å². The zero-order valence-corrected chi connectivity index (χ0v) is 12.9. The molecule has 0 atom stereocenters. The smallest absolute Gasteiger partial charge is 0.416 e. The third-order valence-electron chi connectivity index (χ3n) is 3.42. The molecule has 0 unspecified atom stereocenters. The van der Waals surface area contributed by atoms with E-state index in [0.29, 0.717) is 23.6 Å². The average molecular weight is 349 g/mol. The van der Waals surface area contributed by atoms with Crippen LogP contribution in [0.5, 0.6) is 11.5 Å². The van der Waals surface area contributed by atoms with Gasteiger partial charge in [0, 0.05) is 6.07 Å². The van der Waals surface area contributed by atoms with Crippen molar-refractivity contribution in [2.45, 2.75) is 19.3 Å². The van der Waals surface area contributed by atoms with Gasteiger partial charge in [-0.05, 0) is 29.8 Å². The molecule has 3 aromatic rings. The number of phenols is 1. The van der Waals surface area contributed by atoms with Crippen LogP contribution in [0.25, 0.3) is 0 Å². The van der Waals surface area contributed by atoms with E-state index in [4.69, 9.17) is 4.74 Å². The number of aromatic nitrogens is 3. The van der Waals surface area contributed by atoms with Crippen molar-refractivity contribution in [3.8, 4) is 11.5 Å². The van der Waals surface area contributed by atoms with Crippen molar-refractivity contribution in [2.24, 2.45) is 0 Å². The Morgan fingerprint density at radius 2 is 1.84 bits per heavy atom. The number of alkyl halides is 3. The van der Waals surface area contributed by atoms with Gasteiger partial charge in [0.2, 0.25) is 0 Å². The summed E-state index contributed by atoms with van der Waals surface area (Å²) in [5, 5.41) is 17.2. The van der Waals surface area contributed by atoms with E-state index in [1.807, 2.05) is 0 Å². The Bertz CT molecular complexity index is 845. The van der Waals surface area contributed by atoms with Crippen molar-refractivity contribution in [1.29, 1.82) is 0 Å². The van der Waals surface area contributed by atoms with Gasteiger partial charge in [-0.3, -0.25) is 0 Å². The Labute approximate surface area is 141 Å². The molecule has 0 radical (unpaired) electrons. The first-order valence-corrected chi connectivity index (χ1v) is 7.37. The summed E-state index contributed by atoms with van der Waals surface area (Å²) >= 11 is 0. The van der Waals surface area contributed by atoms with E-state index in [1.165, 1.54) is 28.9 Å². The third kappa shape index (κ3) is 4.50. The van der Waals surface area contributed by atoms with Crippen LogP contribution < -0.4 is 4.74 Å². The number of hydrogen-bond donors (Lipinski definition) is 1. The van der Waals surface area contributed by atoms with Gasteiger partial charge in [0.25, 0.3) is 0 Å². The Balaban J connectivity index is 1.60. The molecule has 0 bridgehead atoms. The summed E-state index contributed by atoms with van der Waals surface area (Å²) in [5.41, 5.74) is 0.559. The minimum absolute atomic E-state index is 0.100. The van der Waals surface area contributed by atoms with Crippen LogP contribution in [0, 0.1) is 0 Å². The molecule has 3 rings (SSSR count). The number of hydrogen-bond acceptors (Lipinski definition) is 4. The molecule has 2 aromatic carbocycles. The van der Waals surface area contributed by atoms with E-state index in [1.54, 1.807) is 18.3 Å². The lowest BCUT2D eigenvalue weighted by Gasteiger charge is -2.07. The number of phenolic OH excluding ortho intramolecular Hbond substituents is 1. The zero-order chi connectivity index (χ0) is 17.9. The predicted molar refractivity (Wildman–Crippen MR) is 83.0 cm³/mol. The molecule has 0 spiro atoms. The number of ether oxygens (including phenoxy) is 1. The van der Waals surface area contributed by atoms with Crippen molar-refractivity contribution in [1.82, 2.24) is 15.0 Å². The van der Waals surface area contributed by atoms with Crippen LogP contribution in [-0.4, -0.2) is 20.1 Å². The molecule has 130 valence electrons. The summed E-state index contributed by atoms with van der Waals surface area (Å²) in [4.78, 5) is 0. The Hall–Kier alpha value is -3.03. The van der Waals surface area contributed by atoms with Gasteiger partial charge in [-0.25, -0.2) is 4.68 Å². The van der Waals surface area contributed by atoms with Gasteiger partial charge < -0.3 is 9.84 Å². The molecule has 0 fully saturated rings. The number of nitrogens with zero attached hydrogens (tertiary/aromatic N) is 3. The molecule has 0 saturated heterocycles. The summed E-state index contributed by atoms with van der Waals surface area (Å²) in [7, 11) is 0. The fourth-order valence-corrected chi connectivity index (χ4v) is 2.20. The van der Waals surface area contributed by atoms with Crippen LogP contribution in [0.15, 0.2) is 54.7 Å². The van der Waals surface area contributed by atoms with Crippen LogP contribution in [0.3, 0.4) is 0 Å². The van der Waals surface area contributed by atoms with E-state index < -0.39 is 11.7 Å². The molecule has 5 nitrogen and oxygen atoms in total. The maximum absolute atomic E-state index is 12.5. The maximum Gasteiger partial charge on any atom is 0.416 e. The fourth-order valence-electron chi connectivity index (χ4n) is 2.20. The Morgan fingerprint density at radius 3 is 2.52 bits per heavy atom. The molecule has 25 heavy (non-hydrogen) atoms. The van der Waals surface area contributed by atoms with Crippen molar-refractivity contribution < 1.29 is 23.0 Å². The second-order valence-corrected chi connectivity index (χ2v) is 5.39. The number of halogens is 3. The molecular formula is C17H14F3N3O2. The molecule has 1 heterocycles. The summed E-state index contributed by atoms with van der Waals surface area (Å²) in [6.07, 6.45) is -2.69. The second-order valence-electron chi connectivity index (χ2n) is 5.39. The van der Waals surface area contributed by atoms with E-state index in [0.717, 1.165) is 12.1 Å². The fraction of sp³-hybridized carbons (Fsp3) is 0.176. The highest BCUT2D eigenvalue weighted by molar-refractivity contribution is 5.31. The second kappa shape index (κ2) is 6.84. The molecule has 0 aliphatic heterocycles. The van der Waals surface area contributed by atoms with Gasteiger partial charge in [0.15, 0.2) is 0 Å². The minimum Gasteiger partial charge on any atom is -0.508 e. The van der Waals surface area contributed by atoms with Crippen molar-refractivity contribution in [3.05, 3.63) is 71.5 Å². The number of benzene rings is 2. The van der Waals surface area contributed by atoms with E-state index >= 15 is 0 Å². The SMILES string of the molecule is Oc1cccc(OCc2cn(Cc3ccc(C(F)(F)F)cc3)nn2)c1. The van der Waals surface area contributed by atoms with Gasteiger partial charge in [-0.2, -0.15) is 13.2 Å². The molecule has 0 amide bonds. The van der Waals surface area contributed by atoms with Crippen molar-refractivity contribution in [2.75, 3.05) is 0 Å². The van der Waals surface area contributed by atoms with E-state index in [9.17, 15) is 18.3 Å². The highest BCUT2D eigenvalue weighted by Gasteiger charge is 2.29. The van der Waals surface area contributed by atoms with Gasteiger partial charge >= 0.3 is 6.18 Å². The summed E-state index contributed by atoms with van der Waals surface area (Å²) in [6, 6.07) is 11.3. The van der Waals surface area contributed by atoms with E-state index in [-0.39, 0.29) is 12.4 Å². The molecule has 1 aromatic heterocycles. The molecule has 0 aliphatic carbocycles. The minimum atomic E-state index is -4.35. The van der Waals surface area contributed by atoms with Crippen molar-refractivity contribution in [3.63, 3.8) is 0 Å². The quantitative estimate of drug-likeness (QED) is 0.764. The Kier molecular flexibility index (Phi) is 4.60. The summed E-state index contributed by atoms with van der Waals surface area (Å²) in [6.45, 7) is 0.466. The summed E-state index contributed by atoms with van der Waals surface area (Å²) in [5.74, 6) is 0.598. The van der Waals surface area contributed by atoms with Crippen LogP contribution in [0.4, 0.5) is 13.2 Å². The van der Waals surface area contributed by atoms with Gasteiger partial charge in [0.1, 0.15) is 23.8 Å². The normalized spacial score (nSPS) is 11.5. The summed E-state index contributed by atoms with van der Waals surface area (Å²) < 4.78 is 44.6. The monoisotopic (exact) mass is 349 g/mol. The first-order chi connectivity index (χ1) is 11.9. The average Bonchev–Trinajstić information content (AvgIpc) is 3.00. The lowest BCUT2D eigenvalue weighted by molar-refractivity contribution is -0.137. The van der Waals surface area contributed by atoms with Gasteiger partial charge in [-0.15, -0.1) is 5.10 Å². The Morgan fingerprint density at radius 1 is 1.08 bits per heavy atom.